The maximum Gasteiger partial charge on any atom is 0.269 e. The summed E-state index contributed by atoms with van der Waals surface area (Å²) in [5.74, 6) is -0.768. The Morgan fingerprint density at radius 2 is 1.78 bits per heavy atom. The number of nitrogens with one attached hydrogen (secondary N) is 1. The molecule has 0 bridgehead atoms. The maximum absolute atomic E-state index is 13.5. The number of aromatic nitrogens is 1. The molecule has 1 amide bonds. The fraction of sp³-hybridized carbons (Fsp3) is 0.364. The van der Waals surface area contributed by atoms with Crippen molar-refractivity contribution in [2.24, 2.45) is 0 Å². The van der Waals surface area contributed by atoms with Crippen LogP contribution in [0.1, 0.15) is 62.6 Å². The molecule has 0 aliphatic rings. The van der Waals surface area contributed by atoms with Crippen molar-refractivity contribution in [3.63, 3.8) is 0 Å². The number of nitro benzene ring substituents is 1. The highest BCUT2D eigenvalue weighted by molar-refractivity contribution is 5.87. The highest BCUT2D eigenvalue weighted by atomic mass is 19.1. The van der Waals surface area contributed by atoms with E-state index in [1.165, 1.54) is 18.2 Å². The predicted octanol–water partition coefficient (Wildman–Crippen LogP) is 6.89. The molecule has 2 atom stereocenters. The lowest BCUT2D eigenvalue weighted by atomic mass is 9.87. The molecule has 0 unspecified atom stereocenters. The molecule has 0 fully saturated rings. The Morgan fingerprint density at radius 1 is 1.05 bits per heavy atom. The van der Waals surface area contributed by atoms with Crippen LogP contribution in [-0.2, 0) is 11.3 Å². The number of para-hydroxylation sites is 1. The van der Waals surface area contributed by atoms with E-state index < -0.39 is 10.8 Å². The van der Waals surface area contributed by atoms with Crippen LogP contribution >= 0.6 is 0 Å². The third-order valence-corrected chi connectivity index (χ3v) is 7.75. The van der Waals surface area contributed by atoms with Crippen molar-refractivity contribution in [2.75, 3.05) is 19.6 Å². The largest absolute Gasteiger partial charge is 0.354 e. The molecule has 216 valence electrons. The first-order chi connectivity index (χ1) is 19.8. The van der Waals surface area contributed by atoms with Crippen LogP contribution in [0.15, 0.2) is 79.0 Å². The SMILES string of the molecule is CCN(CC)CCC[C@@H](C)NC(=O)C[C@H](c1cccc([N+](=O)[O-])c1)c1cn(Cc2ccc(F)cc2)c2ccccc12. The lowest BCUT2D eigenvalue weighted by molar-refractivity contribution is -0.384. The molecular formula is C33H39FN4O3. The van der Waals surface area contributed by atoms with E-state index in [2.05, 4.69) is 28.6 Å². The van der Waals surface area contributed by atoms with Gasteiger partial charge in [0, 0.05) is 54.2 Å². The zero-order valence-electron chi connectivity index (χ0n) is 24.1. The van der Waals surface area contributed by atoms with Gasteiger partial charge in [-0.3, -0.25) is 14.9 Å². The number of hydrogen-bond donors (Lipinski definition) is 1. The third-order valence-electron chi connectivity index (χ3n) is 7.75. The van der Waals surface area contributed by atoms with Crippen molar-refractivity contribution in [3.8, 4) is 0 Å². The van der Waals surface area contributed by atoms with Gasteiger partial charge in [-0.25, -0.2) is 4.39 Å². The van der Waals surface area contributed by atoms with Crippen LogP contribution in [0.2, 0.25) is 0 Å². The minimum atomic E-state index is -0.406. The van der Waals surface area contributed by atoms with E-state index in [1.807, 2.05) is 43.5 Å². The van der Waals surface area contributed by atoms with Crippen LogP contribution in [-0.4, -0.2) is 46.0 Å². The van der Waals surface area contributed by atoms with Gasteiger partial charge < -0.3 is 14.8 Å². The zero-order chi connectivity index (χ0) is 29.4. The molecule has 1 heterocycles. The quantitative estimate of drug-likeness (QED) is 0.135. The van der Waals surface area contributed by atoms with Crippen molar-refractivity contribution < 1.29 is 14.1 Å². The number of carbonyl (C=O) groups is 1. The Labute approximate surface area is 241 Å². The summed E-state index contributed by atoms with van der Waals surface area (Å²) in [5.41, 5.74) is 3.56. The first kappa shape index (κ1) is 29.9. The van der Waals surface area contributed by atoms with Crippen molar-refractivity contribution >= 4 is 22.5 Å². The van der Waals surface area contributed by atoms with Crippen LogP contribution in [0.3, 0.4) is 0 Å². The van der Waals surface area contributed by atoms with Gasteiger partial charge in [0.1, 0.15) is 5.82 Å². The van der Waals surface area contributed by atoms with E-state index in [1.54, 1.807) is 24.3 Å². The second-order valence-corrected chi connectivity index (χ2v) is 10.6. The number of benzene rings is 3. The van der Waals surface area contributed by atoms with E-state index in [0.29, 0.717) is 12.1 Å². The lowest BCUT2D eigenvalue weighted by Crippen LogP contribution is -2.34. The molecule has 1 aromatic heterocycles. The highest BCUT2D eigenvalue weighted by Gasteiger charge is 2.25. The van der Waals surface area contributed by atoms with Gasteiger partial charge in [-0.2, -0.15) is 0 Å². The van der Waals surface area contributed by atoms with Crippen LogP contribution in [0.5, 0.6) is 0 Å². The average molecular weight is 559 g/mol. The number of halogens is 1. The van der Waals surface area contributed by atoms with Crippen LogP contribution in [0, 0.1) is 15.9 Å². The molecule has 0 saturated carbocycles. The van der Waals surface area contributed by atoms with Gasteiger partial charge in [0.15, 0.2) is 0 Å². The molecule has 0 radical (unpaired) electrons. The number of hydrogen-bond acceptors (Lipinski definition) is 4. The van der Waals surface area contributed by atoms with Gasteiger partial charge in [-0.1, -0.05) is 56.3 Å². The lowest BCUT2D eigenvalue weighted by Gasteiger charge is -2.21. The van der Waals surface area contributed by atoms with Gasteiger partial charge in [-0.15, -0.1) is 0 Å². The number of rotatable bonds is 14. The standard InChI is InChI=1S/C33H39FN4O3/c1-4-36(5-2)19-9-10-24(3)35-33(39)21-30(26-11-8-12-28(20-26)38(40)41)31-23-37(32-14-7-6-13-29(31)32)22-25-15-17-27(34)18-16-25/h6-8,11-18,20,23-24,30H,4-5,9-10,19,21-22H2,1-3H3,(H,35,39)/t24-,30-/m1/s1. The number of carbonyl (C=O) groups excluding carboxylic acids is 1. The fourth-order valence-corrected chi connectivity index (χ4v) is 5.48. The maximum atomic E-state index is 13.5. The fourth-order valence-electron chi connectivity index (χ4n) is 5.48. The smallest absolute Gasteiger partial charge is 0.269 e. The summed E-state index contributed by atoms with van der Waals surface area (Å²) >= 11 is 0. The molecule has 7 nitrogen and oxygen atoms in total. The summed E-state index contributed by atoms with van der Waals surface area (Å²) in [6.45, 7) is 9.87. The number of fused-ring (bicyclic) bond motifs is 1. The molecule has 1 N–H and O–H groups in total. The molecule has 8 heteroatoms. The average Bonchev–Trinajstić information content (AvgIpc) is 3.33. The summed E-state index contributed by atoms with van der Waals surface area (Å²) in [4.78, 5) is 27.0. The van der Waals surface area contributed by atoms with Crippen molar-refractivity contribution in [1.82, 2.24) is 14.8 Å². The predicted molar refractivity (Wildman–Crippen MR) is 162 cm³/mol. The number of nitrogens with zero attached hydrogens (tertiary/aromatic N) is 3. The highest BCUT2D eigenvalue weighted by Crippen LogP contribution is 2.36. The first-order valence-electron chi connectivity index (χ1n) is 14.4. The monoisotopic (exact) mass is 558 g/mol. The van der Waals surface area contributed by atoms with E-state index in [9.17, 15) is 19.3 Å². The van der Waals surface area contributed by atoms with Crippen molar-refractivity contribution in [2.45, 2.75) is 58.5 Å². The molecule has 0 saturated heterocycles. The van der Waals surface area contributed by atoms with Crippen molar-refractivity contribution in [1.29, 1.82) is 0 Å². The Hall–Kier alpha value is -4.04. The molecule has 0 aliphatic carbocycles. The summed E-state index contributed by atoms with van der Waals surface area (Å²) in [6, 6.07) is 20.9. The number of non-ortho nitro benzene ring substituents is 1. The topological polar surface area (TPSA) is 80.4 Å². The minimum Gasteiger partial charge on any atom is -0.354 e. The van der Waals surface area contributed by atoms with E-state index in [-0.39, 0.29) is 29.9 Å². The number of nitro groups is 1. The molecule has 41 heavy (non-hydrogen) atoms. The molecule has 3 aromatic carbocycles. The second kappa shape index (κ2) is 14.0. The van der Waals surface area contributed by atoms with Gasteiger partial charge in [0.25, 0.3) is 5.69 Å². The Morgan fingerprint density at radius 3 is 2.49 bits per heavy atom. The summed E-state index contributed by atoms with van der Waals surface area (Å²) in [5, 5.41) is 15.7. The zero-order valence-corrected chi connectivity index (χ0v) is 24.1. The van der Waals surface area contributed by atoms with E-state index >= 15 is 0 Å². The van der Waals surface area contributed by atoms with Gasteiger partial charge in [0.2, 0.25) is 5.91 Å². The molecule has 0 spiro atoms. The first-order valence-corrected chi connectivity index (χ1v) is 14.4. The van der Waals surface area contributed by atoms with E-state index in [4.69, 9.17) is 0 Å². The minimum absolute atomic E-state index is 0.00673. The summed E-state index contributed by atoms with van der Waals surface area (Å²) in [7, 11) is 0. The van der Waals surface area contributed by atoms with Gasteiger partial charge in [0.05, 0.1) is 4.92 Å². The molecular weight excluding hydrogens is 519 g/mol. The van der Waals surface area contributed by atoms with Gasteiger partial charge in [-0.05, 0) is 74.3 Å². The third kappa shape index (κ3) is 7.79. The Balaban J connectivity index is 1.63. The van der Waals surface area contributed by atoms with Gasteiger partial charge >= 0.3 is 0 Å². The molecule has 4 rings (SSSR count). The number of amides is 1. The van der Waals surface area contributed by atoms with Crippen LogP contribution in [0.25, 0.3) is 10.9 Å². The van der Waals surface area contributed by atoms with Crippen molar-refractivity contribution in [3.05, 3.63) is 112 Å². The Kier molecular flexibility index (Phi) is 10.2. The van der Waals surface area contributed by atoms with Crippen LogP contribution < -0.4 is 5.32 Å². The second-order valence-electron chi connectivity index (χ2n) is 10.6. The van der Waals surface area contributed by atoms with E-state index in [0.717, 1.165) is 54.5 Å². The summed E-state index contributed by atoms with van der Waals surface area (Å²) in [6.07, 6.45) is 4.05. The summed E-state index contributed by atoms with van der Waals surface area (Å²) < 4.78 is 15.6. The normalized spacial score (nSPS) is 12.9. The molecule has 0 aliphatic heterocycles. The van der Waals surface area contributed by atoms with Crippen LogP contribution in [0.4, 0.5) is 10.1 Å². The Bertz CT molecular complexity index is 1460. The molecule has 4 aromatic rings.